The first kappa shape index (κ1) is 13.7. The Bertz CT molecular complexity index is 418. The SMILES string of the molecule is CCOC(=O)OCC=Cc1cc(F)ccc1Br. The van der Waals surface area contributed by atoms with Crippen LogP contribution in [-0.2, 0) is 9.47 Å². The summed E-state index contributed by atoms with van der Waals surface area (Å²) in [6.07, 6.45) is 2.55. The summed E-state index contributed by atoms with van der Waals surface area (Å²) in [4.78, 5) is 10.8. The molecular weight excluding hydrogens is 291 g/mol. The Kier molecular flexibility index (Phi) is 5.69. The Morgan fingerprint density at radius 3 is 2.94 bits per heavy atom. The van der Waals surface area contributed by atoms with Crippen LogP contribution in [0.2, 0.25) is 0 Å². The molecule has 0 radical (unpaired) electrons. The molecule has 0 saturated carbocycles. The monoisotopic (exact) mass is 302 g/mol. The summed E-state index contributed by atoms with van der Waals surface area (Å²) in [5.41, 5.74) is 0.678. The lowest BCUT2D eigenvalue weighted by atomic mass is 10.2. The van der Waals surface area contributed by atoms with E-state index in [1.807, 2.05) is 0 Å². The second-order valence-corrected chi connectivity index (χ2v) is 3.92. The summed E-state index contributed by atoms with van der Waals surface area (Å²) < 4.78 is 23.0. The topological polar surface area (TPSA) is 35.5 Å². The molecule has 92 valence electrons. The molecule has 0 aliphatic rings. The maximum atomic E-state index is 12.9. The fourth-order valence-corrected chi connectivity index (χ4v) is 1.47. The highest BCUT2D eigenvalue weighted by atomic mass is 79.9. The number of hydrogen-bond acceptors (Lipinski definition) is 3. The fourth-order valence-electron chi connectivity index (χ4n) is 1.09. The van der Waals surface area contributed by atoms with Gasteiger partial charge >= 0.3 is 6.16 Å². The number of carbonyl (C=O) groups is 1. The first-order valence-electron chi connectivity index (χ1n) is 5.04. The van der Waals surface area contributed by atoms with E-state index in [0.29, 0.717) is 5.56 Å². The van der Waals surface area contributed by atoms with Gasteiger partial charge in [0.15, 0.2) is 0 Å². The zero-order valence-corrected chi connectivity index (χ0v) is 10.9. The van der Waals surface area contributed by atoms with Gasteiger partial charge in [-0.15, -0.1) is 0 Å². The lowest BCUT2D eigenvalue weighted by molar-refractivity contribution is 0.0674. The summed E-state index contributed by atoms with van der Waals surface area (Å²) in [7, 11) is 0. The summed E-state index contributed by atoms with van der Waals surface area (Å²) >= 11 is 3.29. The first-order chi connectivity index (χ1) is 8.13. The van der Waals surface area contributed by atoms with Gasteiger partial charge in [-0.3, -0.25) is 0 Å². The van der Waals surface area contributed by atoms with Gasteiger partial charge in [0.2, 0.25) is 0 Å². The van der Waals surface area contributed by atoms with Gasteiger partial charge in [0.25, 0.3) is 0 Å². The summed E-state index contributed by atoms with van der Waals surface area (Å²) in [6, 6.07) is 4.35. The molecule has 0 aliphatic heterocycles. The minimum Gasteiger partial charge on any atom is -0.435 e. The lowest BCUT2D eigenvalue weighted by Gasteiger charge is -2.01. The van der Waals surface area contributed by atoms with Crippen molar-refractivity contribution in [2.45, 2.75) is 6.92 Å². The van der Waals surface area contributed by atoms with Crippen LogP contribution in [0.4, 0.5) is 9.18 Å². The van der Waals surface area contributed by atoms with Gasteiger partial charge in [0, 0.05) is 4.47 Å². The van der Waals surface area contributed by atoms with Gasteiger partial charge in [-0.05, 0) is 36.8 Å². The number of rotatable bonds is 4. The maximum Gasteiger partial charge on any atom is 0.508 e. The molecule has 1 aromatic carbocycles. The van der Waals surface area contributed by atoms with Gasteiger partial charge in [-0.25, -0.2) is 9.18 Å². The zero-order chi connectivity index (χ0) is 12.7. The largest absolute Gasteiger partial charge is 0.508 e. The molecule has 5 heteroatoms. The van der Waals surface area contributed by atoms with Crippen LogP contribution in [0.25, 0.3) is 6.08 Å². The average molecular weight is 303 g/mol. The molecule has 0 fully saturated rings. The van der Waals surface area contributed by atoms with Gasteiger partial charge in [-0.2, -0.15) is 0 Å². The minimum atomic E-state index is -0.713. The maximum absolute atomic E-state index is 12.9. The van der Waals surface area contributed by atoms with Crippen molar-refractivity contribution in [1.82, 2.24) is 0 Å². The lowest BCUT2D eigenvalue weighted by Crippen LogP contribution is -2.06. The molecule has 0 bridgehead atoms. The Morgan fingerprint density at radius 1 is 1.47 bits per heavy atom. The van der Waals surface area contributed by atoms with Crippen LogP contribution < -0.4 is 0 Å². The second kappa shape index (κ2) is 7.06. The third-order valence-corrected chi connectivity index (χ3v) is 2.54. The van der Waals surface area contributed by atoms with Crippen molar-refractivity contribution in [1.29, 1.82) is 0 Å². The van der Waals surface area contributed by atoms with Crippen molar-refractivity contribution in [3.63, 3.8) is 0 Å². The Balaban J connectivity index is 2.48. The van der Waals surface area contributed by atoms with E-state index in [1.165, 1.54) is 12.1 Å². The van der Waals surface area contributed by atoms with Crippen molar-refractivity contribution in [3.8, 4) is 0 Å². The Morgan fingerprint density at radius 2 is 2.24 bits per heavy atom. The van der Waals surface area contributed by atoms with Gasteiger partial charge in [0.1, 0.15) is 12.4 Å². The summed E-state index contributed by atoms with van der Waals surface area (Å²) in [5.74, 6) is -0.320. The standard InChI is InChI=1S/C12H12BrFO3/c1-2-16-12(15)17-7-3-4-9-8-10(14)5-6-11(9)13/h3-6,8H,2,7H2,1H3. The highest BCUT2D eigenvalue weighted by Crippen LogP contribution is 2.18. The van der Waals surface area contributed by atoms with E-state index >= 15 is 0 Å². The predicted octanol–water partition coefficient (Wildman–Crippen LogP) is 3.77. The Labute approximate surface area is 107 Å². The van der Waals surface area contributed by atoms with Crippen molar-refractivity contribution < 1.29 is 18.7 Å². The molecule has 17 heavy (non-hydrogen) atoms. The van der Waals surface area contributed by atoms with E-state index in [-0.39, 0.29) is 19.0 Å². The van der Waals surface area contributed by atoms with Crippen LogP contribution in [0.15, 0.2) is 28.7 Å². The molecule has 0 unspecified atom stereocenters. The van der Waals surface area contributed by atoms with E-state index in [1.54, 1.807) is 25.1 Å². The molecule has 0 aliphatic carbocycles. The van der Waals surface area contributed by atoms with Crippen LogP contribution in [0, 0.1) is 5.82 Å². The van der Waals surface area contributed by atoms with Crippen LogP contribution in [0.3, 0.4) is 0 Å². The first-order valence-corrected chi connectivity index (χ1v) is 5.84. The molecular formula is C12H12BrFO3. The van der Waals surface area contributed by atoms with E-state index in [0.717, 1.165) is 4.47 Å². The van der Waals surface area contributed by atoms with Crippen LogP contribution in [0.1, 0.15) is 12.5 Å². The zero-order valence-electron chi connectivity index (χ0n) is 9.28. The van der Waals surface area contributed by atoms with E-state index in [4.69, 9.17) is 4.74 Å². The van der Waals surface area contributed by atoms with Crippen LogP contribution >= 0.6 is 15.9 Å². The highest BCUT2D eigenvalue weighted by Gasteiger charge is 2.00. The number of halogens is 2. The van der Waals surface area contributed by atoms with Crippen LogP contribution in [0.5, 0.6) is 0 Å². The molecule has 0 N–H and O–H groups in total. The van der Waals surface area contributed by atoms with Gasteiger partial charge < -0.3 is 9.47 Å². The highest BCUT2D eigenvalue weighted by molar-refractivity contribution is 9.10. The number of benzene rings is 1. The van der Waals surface area contributed by atoms with Crippen LogP contribution in [-0.4, -0.2) is 19.4 Å². The molecule has 0 heterocycles. The van der Waals surface area contributed by atoms with Gasteiger partial charge in [-0.1, -0.05) is 22.0 Å². The number of hydrogen-bond donors (Lipinski definition) is 0. The smallest absolute Gasteiger partial charge is 0.435 e. The number of ether oxygens (including phenoxy) is 2. The molecule has 0 spiro atoms. The molecule has 0 atom stereocenters. The quantitative estimate of drug-likeness (QED) is 0.794. The van der Waals surface area contributed by atoms with E-state index in [9.17, 15) is 9.18 Å². The fraction of sp³-hybridized carbons (Fsp3) is 0.250. The van der Waals surface area contributed by atoms with Gasteiger partial charge in [0.05, 0.1) is 6.61 Å². The van der Waals surface area contributed by atoms with E-state index in [2.05, 4.69) is 20.7 Å². The molecule has 0 saturated heterocycles. The molecule has 0 amide bonds. The van der Waals surface area contributed by atoms with Crippen molar-refractivity contribution >= 4 is 28.2 Å². The minimum absolute atomic E-state index is 0.0851. The molecule has 0 aromatic heterocycles. The normalized spacial score (nSPS) is 10.5. The average Bonchev–Trinajstić information content (AvgIpc) is 2.29. The third kappa shape index (κ3) is 4.99. The van der Waals surface area contributed by atoms with E-state index < -0.39 is 6.16 Å². The molecule has 3 nitrogen and oxygen atoms in total. The number of carbonyl (C=O) groups excluding carboxylic acids is 1. The summed E-state index contributed by atoms with van der Waals surface area (Å²) in [5, 5.41) is 0. The van der Waals surface area contributed by atoms with Crippen molar-refractivity contribution in [3.05, 3.63) is 40.1 Å². The predicted molar refractivity (Wildman–Crippen MR) is 66.1 cm³/mol. The third-order valence-electron chi connectivity index (χ3n) is 1.82. The molecule has 1 rings (SSSR count). The summed E-state index contributed by atoms with van der Waals surface area (Å²) in [6.45, 7) is 2.06. The second-order valence-electron chi connectivity index (χ2n) is 3.06. The molecule has 1 aromatic rings. The van der Waals surface area contributed by atoms with Crippen molar-refractivity contribution in [2.24, 2.45) is 0 Å². The van der Waals surface area contributed by atoms with Crippen molar-refractivity contribution in [2.75, 3.05) is 13.2 Å². The Hall–Kier alpha value is -1.36.